The maximum absolute atomic E-state index is 12.7. The highest BCUT2D eigenvalue weighted by Gasteiger charge is 2.28. The number of hydrogen-bond acceptors (Lipinski definition) is 6. The van der Waals surface area contributed by atoms with E-state index in [1.54, 1.807) is 19.1 Å². The Labute approximate surface area is 144 Å². The molecule has 5 nitrogen and oxygen atoms in total. The summed E-state index contributed by atoms with van der Waals surface area (Å²) in [6, 6.07) is 3.18. The Hall–Kier alpha value is -0.390. The third kappa shape index (κ3) is 6.01. The topological polar surface area (TPSA) is 57.1 Å². The minimum Gasteiger partial charge on any atom is -0.414 e. The summed E-state index contributed by atoms with van der Waals surface area (Å²) in [5, 5.41) is 4.08. The van der Waals surface area contributed by atoms with Crippen LogP contribution in [0.5, 0.6) is 5.75 Å². The number of rotatable bonds is 9. The molecule has 1 aromatic rings. The Bertz CT molecular complexity index is 548. The molecule has 0 radical (unpaired) electrons. The number of hydrogen-bond donors (Lipinski definition) is 0. The van der Waals surface area contributed by atoms with Gasteiger partial charge in [0.05, 0.1) is 22.9 Å². The fourth-order valence-electron chi connectivity index (χ4n) is 1.42. The van der Waals surface area contributed by atoms with Gasteiger partial charge in [0.25, 0.3) is 0 Å². The molecule has 0 spiro atoms. The molecular formula is C13H18Cl2NO4PS. The SMILES string of the molecule is CCCSP(=O)(OCC)Oc1c(Cl)cc(C=NOC)cc1Cl. The average molecular weight is 386 g/mol. The maximum atomic E-state index is 12.7. The van der Waals surface area contributed by atoms with Gasteiger partial charge in [-0.25, -0.2) is 4.57 Å². The summed E-state index contributed by atoms with van der Waals surface area (Å²) >= 11 is 13.4. The molecule has 22 heavy (non-hydrogen) atoms. The molecule has 0 aliphatic heterocycles. The van der Waals surface area contributed by atoms with Gasteiger partial charge in [0.1, 0.15) is 7.11 Å². The van der Waals surface area contributed by atoms with Crippen LogP contribution in [0.3, 0.4) is 0 Å². The van der Waals surface area contributed by atoms with Gasteiger partial charge >= 0.3 is 6.80 Å². The molecule has 0 N–H and O–H groups in total. The lowest BCUT2D eigenvalue weighted by molar-refractivity contribution is 0.215. The van der Waals surface area contributed by atoms with Gasteiger partial charge in [0.15, 0.2) is 5.75 Å². The van der Waals surface area contributed by atoms with Crippen LogP contribution in [0, 0.1) is 0 Å². The first-order valence-electron chi connectivity index (χ1n) is 6.60. The van der Waals surface area contributed by atoms with E-state index in [0.29, 0.717) is 11.3 Å². The predicted molar refractivity (Wildman–Crippen MR) is 93.7 cm³/mol. The second-order valence-electron chi connectivity index (χ2n) is 4.02. The highest BCUT2D eigenvalue weighted by molar-refractivity contribution is 8.55. The molecule has 0 aliphatic rings. The van der Waals surface area contributed by atoms with Gasteiger partial charge in [0.2, 0.25) is 0 Å². The van der Waals surface area contributed by atoms with Gasteiger partial charge < -0.3 is 9.36 Å². The zero-order valence-electron chi connectivity index (χ0n) is 12.5. The van der Waals surface area contributed by atoms with E-state index < -0.39 is 6.80 Å². The molecule has 0 amide bonds. The van der Waals surface area contributed by atoms with E-state index in [1.165, 1.54) is 13.3 Å². The van der Waals surface area contributed by atoms with E-state index in [1.807, 2.05) is 6.92 Å². The van der Waals surface area contributed by atoms with Crippen molar-refractivity contribution in [2.45, 2.75) is 20.3 Å². The second-order valence-corrected chi connectivity index (χ2v) is 8.95. The first-order chi connectivity index (χ1) is 10.5. The van der Waals surface area contributed by atoms with Gasteiger partial charge in [-0.3, -0.25) is 4.52 Å². The van der Waals surface area contributed by atoms with E-state index in [2.05, 4.69) is 9.99 Å². The minimum atomic E-state index is -3.36. The van der Waals surface area contributed by atoms with E-state index in [4.69, 9.17) is 32.2 Å². The van der Waals surface area contributed by atoms with Crippen molar-refractivity contribution in [3.05, 3.63) is 27.7 Å². The predicted octanol–water partition coefficient (Wildman–Crippen LogP) is 5.64. The zero-order chi connectivity index (χ0) is 16.6. The van der Waals surface area contributed by atoms with Crippen molar-refractivity contribution in [1.29, 1.82) is 0 Å². The third-order valence-corrected chi connectivity index (χ3v) is 6.76. The summed E-state index contributed by atoms with van der Waals surface area (Å²) in [6.45, 7) is 0.633. The molecular weight excluding hydrogens is 368 g/mol. The Morgan fingerprint density at radius 1 is 1.32 bits per heavy atom. The van der Waals surface area contributed by atoms with Gasteiger partial charge in [-0.05, 0) is 42.4 Å². The van der Waals surface area contributed by atoms with Crippen molar-refractivity contribution in [2.24, 2.45) is 5.16 Å². The summed E-state index contributed by atoms with van der Waals surface area (Å²) in [6.07, 6.45) is 2.30. The largest absolute Gasteiger partial charge is 0.440 e. The van der Waals surface area contributed by atoms with Crippen LogP contribution in [0.15, 0.2) is 17.3 Å². The van der Waals surface area contributed by atoms with E-state index >= 15 is 0 Å². The van der Waals surface area contributed by atoms with Gasteiger partial charge in [-0.2, -0.15) is 0 Å². The van der Waals surface area contributed by atoms with Crippen LogP contribution < -0.4 is 4.52 Å². The number of benzene rings is 1. The summed E-state index contributed by atoms with van der Waals surface area (Å²) in [5.74, 6) is 0.781. The Kier molecular flexibility index (Phi) is 8.65. The highest BCUT2D eigenvalue weighted by atomic mass is 35.5. The Balaban J connectivity index is 3.04. The molecule has 0 aliphatic carbocycles. The molecule has 124 valence electrons. The Morgan fingerprint density at radius 2 is 1.95 bits per heavy atom. The van der Waals surface area contributed by atoms with Crippen molar-refractivity contribution in [1.82, 2.24) is 0 Å². The molecule has 1 atom stereocenters. The van der Waals surface area contributed by atoms with Gasteiger partial charge in [0, 0.05) is 5.75 Å². The zero-order valence-corrected chi connectivity index (χ0v) is 15.8. The molecule has 1 unspecified atom stereocenters. The van der Waals surface area contributed by atoms with Crippen molar-refractivity contribution >= 4 is 47.6 Å². The third-order valence-electron chi connectivity index (χ3n) is 2.27. The normalized spacial score (nSPS) is 14.0. The van der Waals surface area contributed by atoms with Crippen LogP contribution in [-0.2, 0) is 13.9 Å². The van der Waals surface area contributed by atoms with Crippen molar-refractivity contribution < 1.29 is 18.5 Å². The summed E-state index contributed by atoms with van der Waals surface area (Å²) in [4.78, 5) is 4.60. The lowest BCUT2D eigenvalue weighted by atomic mass is 10.2. The van der Waals surface area contributed by atoms with Crippen LogP contribution in [-0.4, -0.2) is 25.7 Å². The quantitative estimate of drug-likeness (QED) is 0.312. The molecule has 1 aromatic carbocycles. The van der Waals surface area contributed by atoms with Gasteiger partial charge in [-0.15, -0.1) is 0 Å². The maximum Gasteiger partial charge on any atom is 0.440 e. The fraction of sp³-hybridized carbons (Fsp3) is 0.462. The Morgan fingerprint density at radius 3 is 2.45 bits per heavy atom. The molecule has 0 bridgehead atoms. The molecule has 9 heteroatoms. The fourth-order valence-corrected chi connectivity index (χ4v) is 5.57. The number of oxime groups is 1. The lowest BCUT2D eigenvalue weighted by Crippen LogP contribution is -1.98. The molecule has 0 saturated heterocycles. The van der Waals surface area contributed by atoms with E-state index in [0.717, 1.165) is 17.8 Å². The minimum absolute atomic E-state index is 0.137. The number of nitrogens with zero attached hydrogens (tertiary/aromatic N) is 1. The summed E-state index contributed by atoms with van der Waals surface area (Å²) in [7, 11) is 1.43. The lowest BCUT2D eigenvalue weighted by Gasteiger charge is -2.19. The standard InChI is InChI=1S/C13H18Cl2NO4PS/c1-4-6-22-21(17,19-5-2)20-13-11(14)7-10(8-12(13)15)9-16-18-3/h7-9H,4-6H2,1-3H3. The number of halogens is 2. The molecule has 0 aromatic heterocycles. The second kappa shape index (κ2) is 9.68. The first-order valence-corrected chi connectivity index (χ1v) is 10.5. The highest BCUT2D eigenvalue weighted by Crippen LogP contribution is 2.61. The van der Waals surface area contributed by atoms with Crippen LogP contribution in [0.25, 0.3) is 0 Å². The van der Waals surface area contributed by atoms with Crippen molar-refractivity contribution in [3.8, 4) is 5.75 Å². The van der Waals surface area contributed by atoms with Crippen molar-refractivity contribution in [3.63, 3.8) is 0 Å². The van der Waals surface area contributed by atoms with E-state index in [-0.39, 0.29) is 22.4 Å². The molecule has 0 heterocycles. The first kappa shape index (κ1) is 19.7. The molecule has 0 fully saturated rings. The summed E-state index contributed by atoms with van der Waals surface area (Å²) < 4.78 is 23.5. The summed E-state index contributed by atoms with van der Waals surface area (Å²) in [5.41, 5.74) is 0.636. The molecule has 1 rings (SSSR count). The van der Waals surface area contributed by atoms with Crippen LogP contribution in [0.1, 0.15) is 25.8 Å². The average Bonchev–Trinajstić information content (AvgIpc) is 2.47. The molecule has 0 saturated carbocycles. The van der Waals surface area contributed by atoms with Crippen molar-refractivity contribution in [2.75, 3.05) is 19.5 Å². The van der Waals surface area contributed by atoms with Gasteiger partial charge in [-0.1, -0.05) is 35.3 Å². The van der Waals surface area contributed by atoms with Crippen LogP contribution >= 0.6 is 41.4 Å². The van der Waals surface area contributed by atoms with Crippen LogP contribution in [0.4, 0.5) is 0 Å². The van der Waals surface area contributed by atoms with Crippen LogP contribution in [0.2, 0.25) is 10.0 Å². The monoisotopic (exact) mass is 385 g/mol. The smallest absolute Gasteiger partial charge is 0.414 e. The van der Waals surface area contributed by atoms with E-state index in [9.17, 15) is 4.57 Å².